The fourth-order valence-corrected chi connectivity index (χ4v) is 4.71. The van der Waals surface area contributed by atoms with E-state index < -0.39 is 0 Å². The molecule has 4 heteroatoms. The maximum absolute atomic E-state index is 13.0. The first-order valence-electron chi connectivity index (χ1n) is 10.2. The molecule has 1 unspecified atom stereocenters. The van der Waals surface area contributed by atoms with Gasteiger partial charge in [0, 0.05) is 38.5 Å². The van der Waals surface area contributed by atoms with Gasteiger partial charge in [-0.15, -0.1) is 0 Å². The summed E-state index contributed by atoms with van der Waals surface area (Å²) in [6.45, 7) is 6.02. The minimum atomic E-state index is -0.0444. The summed E-state index contributed by atoms with van der Waals surface area (Å²) in [6, 6.07) is 14.2. The van der Waals surface area contributed by atoms with E-state index in [2.05, 4.69) is 12.1 Å². The van der Waals surface area contributed by atoms with Crippen molar-refractivity contribution in [2.75, 3.05) is 32.9 Å². The van der Waals surface area contributed by atoms with Crippen molar-refractivity contribution >= 4 is 16.7 Å². The van der Waals surface area contributed by atoms with Crippen LogP contribution in [0.15, 0.2) is 42.5 Å². The average molecular weight is 367 g/mol. The van der Waals surface area contributed by atoms with Crippen LogP contribution in [0.3, 0.4) is 0 Å². The lowest BCUT2D eigenvalue weighted by Gasteiger charge is -2.42. The molecule has 1 spiro atoms. The van der Waals surface area contributed by atoms with Gasteiger partial charge in [-0.1, -0.05) is 30.3 Å². The number of nitrogens with zero attached hydrogens (tertiary/aromatic N) is 1. The molecule has 0 saturated carbocycles. The van der Waals surface area contributed by atoms with Crippen LogP contribution in [0.1, 0.15) is 43.0 Å². The fourth-order valence-electron chi connectivity index (χ4n) is 4.71. The van der Waals surface area contributed by atoms with Crippen LogP contribution in [0.4, 0.5) is 0 Å². The van der Waals surface area contributed by atoms with Gasteiger partial charge in [-0.05, 0) is 61.4 Å². The molecule has 0 aromatic heterocycles. The summed E-state index contributed by atoms with van der Waals surface area (Å²) in [4.78, 5) is 15.0. The highest BCUT2D eigenvalue weighted by Crippen LogP contribution is 2.42. The number of carbonyl (C=O) groups is 1. The van der Waals surface area contributed by atoms with Crippen LogP contribution >= 0.6 is 0 Å². The van der Waals surface area contributed by atoms with Crippen molar-refractivity contribution in [1.29, 1.82) is 0 Å². The number of rotatable bonds is 5. The Labute approximate surface area is 161 Å². The van der Waals surface area contributed by atoms with Crippen LogP contribution in [0.2, 0.25) is 0 Å². The SMILES string of the molecule is CCOCCC1CCOC12CCN(C(=O)c1ccc3ccccc3c1)CC2. The van der Waals surface area contributed by atoms with Gasteiger partial charge in [0.15, 0.2) is 0 Å². The molecule has 144 valence electrons. The summed E-state index contributed by atoms with van der Waals surface area (Å²) in [5.74, 6) is 0.696. The van der Waals surface area contributed by atoms with E-state index >= 15 is 0 Å². The monoisotopic (exact) mass is 367 g/mol. The van der Waals surface area contributed by atoms with Gasteiger partial charge in [-0.25, -0.2) is 0 Å². The number of hydrogen-bond acceptors (Lipinski definition) is 3. The maximum Gasteiger partial charge on any atom is 0.253 e. The van der Waals surface area contributed by atoms with Gasteiger partial charge in [0.05, 0.1) is 5.60 Å². The van der Waals surface area contributed by atoms with Gasteiger partial charge in [0.1, 0.15) is 0 Å². The normalized spacial score (nSPS) is 21.8. The van der Waals surface area contributed by atoms with Crippen molar-refractivity contribution in [3.63, 3.8) is 0 Å². The second-order valence-electron chi connectivity index (χ2n) is 7.74. The first-order chi connectivity index (χ1) is 13.2. The molecule has 2 aromatic rings. The molecule has 0 aliphatic carbocycles. The van der Waals surface area contributed by atoms with Crippen molar-refractivity contribution < 1.29 is 14.3 Å². The second-order valence-corrected chi connectivity index (χ2v) is 7.74. The molecule has 0 bridgehead atoms. The van der Waals surface area contributed by atoms with E-state index in [4.69, 9.17) is 9.47 Å². The minimum absolute atomic E-state index is 0.0444. The molecule has 0 N–H and O–H groups in total. The molecule has 2 aromatic carbocycles. The Balaban J connectivity index is 1.41. The van der Waals surface area contributed by atoms with Crippen LogP contribution in [-0.4, -0.2) is 49.3 Å². The summed E-state index contributed by atoms with van der Waals surface area (Å²) >= 11 is 0. The summed E-state index contributed by atoms with van der Waals surface area (Å²) in [5.41, 5.74) is 0.738. The minimum Gasteiger partial charge on any atom is -0.382 e. The number of likely N-dealkylation sites (tertiary alicyclic amines) is 1. The lowest BCUT2D eigenvalue weighted by Crippen LogP contribution is -2.49. The van der Waals surface area contributed by atoms with Crippen molar-refractivity contribution in [2.24, 2.45) is 5.92 Å². The Bertz CT molecular complexity index is 795. The molecule has 4 nitrogen and oxygen atoms in total. The van der Waals surface area contributed by atoms with Gasteiger partial charge in [-0.2, -0.15) is 0 Å². The van der Waals surface area contributed by atoms with E-state index in [0.717, 1.165) is 69.5 Å². The Morgan fingerprint density at radius 2 is 1.96 bits per heavy atom. The number of piperidine rings is 1. The third-order valence-corrected chi connectivity index (χ3v) is 6.31. The van der Waals surface area contributed by atoms with E-state index in [1.807, 2.05) is 42.2 Å². The fraction of sp³-hybridized carbons (Fsp3) is 0.522. The highest BCUT2D eigenvalue weighted by Gasteiger charge is 2.46. The zero-order valence-electron chi connectivity index (χ0n) is 16.2. The Kier molecular flexibility index (Phi) is 5.46. The Hall–Kier alpha value is -1.91. The molecular weight excluding hydrogens is 338 g/mol. The predicted octanol–water partition coefficient (Wildman–Crippen LogP) is 4.28. The first kappa shape index (κ1) is 18.5. The van der Waals surface area contributed by atoms with E-state index in [1.54, 1.807) is 0 Å². The summed E-state index contributed by atoms with van der Waals surface area (Å²) in [7, 11) is 0. The standard InChI is InChI=1S/C23H29NO3/c1-2-26-15-9-21-10-16-27-23(21)11-13-24(14-12-23)22(25)20-8-7-18-5-3-4-6-19(18)17-20/h3-8,17,21H,2,9-16H2,1H3. The van der Waals surface area contributed by atoms with E-state index in [9.17, 15) is 4.79 Å². The molecule has 0 radical (unpaired) electrons. The van der Waals surface area contributed by atoms with Crippen LogP contribution in [0, 0.1) is 5.92 Å². The zero-order chi connectivity index (χ0) is 18.7. The van der Waals surface area contributed by atoms with E-state index in [-0.39, 0.29) is 11.5 Å². The van der Waals surface area contributed by atoms with Crippen molar-refractivity contribution in [3.8, 4) is 0 Å². The molecule has 2 aliphatic rings. The molecular formula is C23H29NO3. The van der Waals surface area contributed by atoms with Gasteiger partial charge in [0.25, 0.3) is 5.91 Å². The second kappa shape index (κ2) is 7.99. The first-order valence-corrected chi connectivity index (χ1v) is 10.2. The largest absolute Gasteiger partial charge is 0.382 e. The quantitative estimate of drug-likeness (QED) is 0.741. The summed E-state index contributed by atoms with van der Waals surface area (Å²) < 4.78 is 11.8. The highest BCUT2D eigenvalue weighted by atomic mass is 16.5. The lowest BCUT2D eigenvalue weighted by atomic mass is 9.78. The molecule has 2 fully saturated rings. The number of fused-ring (bicyclic) bond motifs is 1. The Morgan fingerprint density at radius 1 is 1.19 bits per heavy atom. The molecule has 1 atom stereocenters. The molecule has 2 saturated heterocycles. The highest BCUT2D eigenvalue weighted by molar-refractivity contribution is 5.98. The third kappa shape index (κ3) is 3.74. The molecule has 1 amide bonds. The number of carbonyl (C=O) groups excluding carboxylic acids is 1. The zero-order valence-corrected chi connectivity index (χ0v) is 16.2. The topological polar surface area (TPSA) is 38.8 Å². The lowest BCUT2D eigenvalue weighted by molar-refractivity contribution is -0.0669. The van der Waals surface area contributed by atoms with Gasteiger partial charge in [0.2, 0.25) is 0 Å². The smallest absolute Gasteiger partial charge is 0.253 e. The summed E-state index contributed by atoms with van der Waals surface area (Å²) in [5, 5.41) is 2.29. The average Bonchev–Trinajstić information content (AvgIpc) is 3.10. The predicted molar refractivity (Wildman–Crippen MR) is 107 cm³/mol. The van der Waals surface area contributed by atoms with Crippen LogP contribution in [0.5, 0.6) is 0 Å². The summed E-state index contributed by atoms with van der Waals surface area (Å²) in [6.07, 6.45) is 4.05. The molecule has 2 aliphatic heterocycles. The van der Waals surface area contributed by atoms with Crippen molar-refractivity contribution in [1.82, 2.24) is 4.90 Å². The van der Waals surface area contributed by atoms with Crippen LogP contribution < -0.4 is 0 Å². The maximum atomic E-state index is 13.0. The third-order valence-electron chi connectivity index (χ3n) is 6.31. The van der Waals surface area contributed by atoms with Gasteiger partial charge < -0.3 is 14.4 Å². The molecule has 2 heterocycles. The van der Waals surface area contributed by atoms with Gasteiger partial charge in [-0.3, -0.25) is 4.79 Å². The van der Waals surface area contributed by atoms with E-state index in [0.29, 0.717) is 5.92 Å². The molecule has 27 heavy (non-hydrogen) atoms. The number of amides is 1. The van der Waals surface area contributed by atoms with Crippen molar-refractivity contribution in [3.05, 3.63) is 48.0 Å². The van der Waals surface area contributed by atoms with Crippen LogP contribution in [-0.2, 0) is 9.47 Å². The Morgan fingerprint density at radius 3 is 2.74 bits per heavy atom. The van der Waals surface area contributed by atoms with Crippen molar-refractivity contribution in [2.45, 2.75) is 38.2 Å². The number of hydrogen-bond donors (Lipinski definition) is 0. The molecule has 4 rings (SSSR count). The van der Waals surface area contributed by atoms with Crippen LogP contribution in [0.25, 0.3) is 10.8 Å². The van der Waals surface area contributed by atoms with Gasteiger partial charge >= 0.3 is 0 Å². The number of benzene rings is 2. The van der Waals surface area contributed by atoms with E-state index in [1.165, 1.54) is 5.39 Å². The number of ether oxygens (including phenoxy) is 2.